The molecule has 5 heteroatoms. The lowest BCUT2D eigenvalue weighted by Gasteiger charge is -2.23. The number of amides is 1. The molecule has 0 spiro atoms. The van der Waals surface area contributed by atoms with E-state index < -0.39 is 0 Å². The Bertz CT molecular complexity index is 521. The maximum Gasteiger partial charge on any atom is 0.227 e. The van der Waals surface area contributed by atoms with E-state index in [1.165, 1.54) is 0 Å². The summed E-state index contributed by atoms with van der Waals surface area (Å²) in [5.74, 6) is 0.168. The van der Waals surface area contributed by atoms with Crippen molar-refractivity contribution >= 4 is 29.1 Å². The number of nitrogens with zero attached hydrogens (tertiary/aromatic N) is 1. The Labute approximate surface area is 136 Å². The molecule has 1 aliphatic rings. The van der Waals surface area contributed by atoms with E-state index >= 15 is 0 Å². The fourth-order valence-corrected chi connectivity index (χ4v) is 3.05. The topological polar surface area (TPSA) is 32.3 Å². The van der Waals surface area contributed by atoms with Gasteiger partial charge in [0.25, 0.3) is 0 Å². The molecule has 1 aliphatic heterocycles. The highest BCUT2D eigenvalue weighted by Gasteiger charge is 2.39. The van der Waals surface area contributed by atoms with Crippen molar-refractivity contribution in [2.24, 2.45) is 5.41 Å². The molecule has 0 aromatic heterocycles. The number of rotatable bonds is 5. The van der Waals surface area contributed by atoms with Crippen molar-refractivity contribution in [3.05, 3.63) is 33.8 Å². The highest BCUT2D eigenvalue weighted by atomic mass is 35.5. The number of halogens is 2. The molecule has 21 heavy (non-hydrogen) atoms. The normalized spacial score (nSPS) is 22.5. The van der Waals surface area contributed by atoms with E-state index in [1.54, 1.807) is 0 Å². The van der Waals surface area contributed by atoms with Gasteiger partial charge in [-0.3, -0.25) is 9.69 Å². The van der Waals surface area contributed by atoms with Crippen LogP contribution in [0.3, 0.4) is 0 Å². The fraction of sp³-hybridized carbons (Fsp3) is 0.562. The van der Waals surface area contributed by atoms with Gasteiger partial charge in [-0.1, -0.05) is 36.2 Å². The number of benzene rings is 1. The van der Waals surface area contributed by atoms with Crippen molar-refractivity contribution in [1.82, 2.24) is 10.2 Å². The first-order chi connectivity index (χ1) is 9.94. The monoisotopic (exact) mass is 328 g/mol. The van der Waals surface area contributed by atoms with Crippen LogP contribution in [-0.4, -0.2) is 30.4 Å². The van der Waals surface area contributed by atoms with Gasteiger partial charge in [0.1, 0.15) is 0 Å². The van der Waals surface area contributed by atoms with E-state index in [2.05, 4.69) is 17.1 Å². The Morgan fingerprint density at radius 1 is 1.38 bits per heavy atom. The van der Waals surface area contributed by atoms with Gasteiger partial charge in [-0.2, -0.15) is 0 Å². The minimum absolute atomic E-state index is 0.168. The third-order valence-electron chi connectivity index (χ3n) is 4.03. The average Bonchev–Trinajstić information content (AvgIpc) is 2.83. The van der Waals surface area contributed by atoms with Crippen LogP contribution in [-0.2, 0) is 11.3 Å². The van der Waals surface area contributed by atoms with Crippen LogP contribution in [0.5, 0.6) is 0 Å². The summed E-state index contributed by atoms with van der Waals surface area (Å²) < 4.78 is 0. The number of hydrogen-bond acceptors (Lipinski definition) is 2. The lowest BCUT2D eigenvalue weighted by Crippen LogP contribution is -2.41. The van der Waals surface area contributed by atoms with E-state index in [0.717, 1.165) is 44.6 Å². The van der Waals surface area contributed by atoms with Gasteiger partial charge in [0, 0.05) is 19.6 Å². The van der Waals surface area contributed by atoms with Crippen LogP contribution in [0, 0.1) is 5.41 Å². The van der Waals surface area contributed by atoms with Gasteiger partial charge < -0.3 is 5.32 Å². The molecule has 1 saturated heterocycles. The SMILES string of the molecule is CCCNC(=O)C1(C)CCN(Cc2ccc(Cl)c(Cl)c2)C1. The molecule has 1 atom stereocenters. The summed E-state index contributed by atoms with van der Waals surface area (Å²) in [5, 5.41) is 4.17. The third kappa shape index (κ3) is 4.12. The molecule has 1 heterocycles. The summed E-state index contributed by atoms with van der Waals surface area (Å²) >= 11 is 12.0. The zero-order chi connectivity index (χ0) is 15.5. The van der Waals surface area contributed by atoms with Crippen LogP contribution in [0.2, 0.25) is 10.0 Å². The quantitative estimate of drug-likeness (QED) is 0.893. The van der Waals surface area contributed by atoms with Crippen LogP contribution < -0.4 is 5.32 Å². The molecule has 0 saturated carbocycles. The van der Waals surface area contributed by atoms with Gasteiger partial charge in [-0.05, 0) is 44.0 Å². The minimum atomic E-state index is -0.286. The van der Waals surface area contributed by atoms with Gasteiger partial charge in [-0.25, -0.2) is 0 Å². The number of likely N-dealkylation sites (tertiary alicyclic amines) is 1. The molecule has 1 amide bonds. The van der Waals surface area contributed by atoms with E-state index in [9.17, 15) is 4.79 Å². The Hall–Kier alpha value is -0.770. The molecule has 3 nitrogen and oxygen atoms in total. The highest BCUT2D eigenvalue weighted by molar-refractivity contribution is 6.42. The Balaban J connectivity index is 1.95. The van der Waals surface area contributed by atoms with Crippen molar-refractivity contribution < 1.29 is 4.79 Å². The van der Waals surface area contributed by atoms with E-state index in [0.29, 0.717) is 10.0 Å². The minimum Gasteiger partial charge on any atom is -0.356 e. The summed E-state index contributed by atoms with van der Waals surface area (Å²) in [6.07, 6.45) is 1.86. The van der Waals surface area contributed by atoms with Gasteiger partial charge >= 0.3 is 0 Å². The van der Waals surface area contributed by atoms with Gasteiger partial charge in [-0.15, -0.1) is 0 Å². The first-order valence-corrected chi connectivity index (χ1v) is 8.15. The maximum atomic E-state index is 12.2. The van der Waals surface area contributed by atoms with Gasteiger partial charge in [0.05, 0.1) is 15.5 Å². The molecular weight excluding hydrogens is 307 g/mol. The molecule has 0 radical (unpaired) electrons. The van der Waals surface area contributed by atoms with E-state index in [-0.39, 0.29) is 11.3 Å². The van der Waals surface area contributed by atoms with Crippen molar-refractivity contribution in [3.63, 3.8) is 0 Å². The van der Waals surface area contributed by atoms with Crippen LogP contribution >= 0.6 is 23.2 Å². The van der Waals surface area contributed by atoms with Crippen LogP contribution in [0.4, 0.5) is 0 Å². The number of hydrogen-bond donors (Lipinski definition) is 1. The molecule has 1 aromatic carbocycles. The molecule has 1 unspecified atom stereocenters. The largest absolute Gasteiger partial charge is 0.356 e. The highest BCUT2D eigenvalue weighted by Crippen LogP contribution is 2.32. The smallest absolute Gasteiger partial charge is 0.227 e. The second-order valence-electron chi connectivity index (χ2n) is 6.03. The molecule has 0 bridgehead atoms. The standard InChI is InChI=1S/C16H22Cl2N2O/c1-3-7-19-15(21)16(2)6-8-20(11-16)10-12-4-5-13(17)14(18)9-12/h4-5,9H,3,6-8,10-11H2,1-2H3,(H,19,21). The second-order valence-corrected chi connectivity index (χ2v) is 6.84. The summed E-state index contributed by atoms with van der Waals surface area (Å²) in [5.41, 5.74) is 0.841. The average molecular weight is 329 g/mol. The molecule has 0 aliphatic carbocycles. The zero-order valence-corrected chi connectivity index (χ0v) is 14.1. The van der Waals surface area contributed by atoms with E-state index in [1.807, 2.05) is 25.1 Å². The van der Waals surface area contributed by atoms with Gasteiger partial charge in [0.2, 0.25) is 5.91 Å². The lowest BCUT2D eigenvalue weighted by molar-refractivity contribution is -0.129. The number of carbonyl (C=O) groups is 1. The van der Waals surface area contributed by atoms with Crippen molar-refractivity contribution in [2.75, 3.05) is 19.6 Å². The Kier molecular flexibility index (Phi) is 5.53. The van der Waals surface area contributed by atoms with Crippen LogP contribution in [0.25, 0.3) is 0 Å². The van der Waals surface area contributed by atoms with E-state index in [4.69, 9.17) is 23.2 Å². The van der Waals surface area contributed by atoms with Crippen molar-refractivity contribution in [3.8, 4) is 0 Å². The summed E-state index contributed by atoms with van der Waals surface area (Å²) in [7, 11) is 0. The molecule has 2 rings (SSSR count). The molecular formula is C16H22Cl2N2O. The number of carbonyl (C=O) groups excluding carboxylic acids is 1. The number of nitrogens with one attached hydrogen (secondary N) is 1. The summed E-state index contributed by atoms with van der Waals surface area (Å²) in [4.78, 5) is 14.5. The predicted octanol–water partition coefficient (Wildman–Crippen LogP) is 3.73. The third-order valence-corrected chi connectivity index (χ3v) is 4.77. The summed E-state index contributed by atoms with van der Waals surface area (Å²) in [6.45, 7) is 7.37. The second kappa shape index (κ2) is 6.99. The summed E-state index contributed by atoms with van der Waals surface area (Å²) in [6, 6.07) is 5.71. The Morgan fingerprint density at radius 2 is 2.14 bits per heavy atom. The van der Waals surface area contributed by atoms with Crippen LogP contribution in [0.15, 0.2) is 18.2 Å². The molecule has 1 fully saturated rings. The van der Waals surface area contributed by atoms with Crippen molar-refractivity contribution in [2.45, 2.75) is 33.2 Å². The molecule has 116 valence electrons. The first kappa shape index (κ1) is 16.6. The maximum absolute atomic E-state index is 12.2. The Morgan fingerprint density at radius 3 is 2.81 bits per heavy atom. The lowest BCUT2D eigenvalue weighted by atomic mass is 9.88. The zero-order valence-electron chi connectivity index (χ0n) is 12.6. The predicted molar refractivity (Wildman–Crippen MR) is 87.8 cm³/mol. The molecule has 1 N–H and O–H groups in total. The fourth-order valence-electron chi connectivity index (χ4n) is 2.72. The van der Waals surface area contributed by atoms with Gasteiger partial charge in [0.15, 0.2) is 0 Å². The molecule has 1 aromatic rings. The van der Waals surface area contributed by atoms with Crippen LogP contribution in [0.1, 0.15) is 32.3 Å². The first-order valence-electron chi connectivity index (χ1n) is 7.39. The van der Waals surface area contributed by atoms with Crippen molar-refractivity contribution in [1.29, 1.82) is 0 Å².